The minimum atomic E-state index is 0.0238. The average Bonchev–Trinajstić information content (AvgIpc) is 3.22. The molecule has 0 spiro atoms. The van der Waals surface area contributed by atoms with Crippen LogP contribution in [0.1, 0.15) is 54.4 Å². The molecule has 5 nitrogen and oxygen atoms in total. The Morgan fingerprint density at radius 1 is 1.07 bits per heavy atom. The summed E-state index contributed by atoms with van der Waals surface area (Å²) < 4.78 is 0. The van der Waals surface area contributed by atoms with Crippen molar-refractivity contribution in [1.29, 1.82) is 0 Å². The molecule has 5 heteroatoms. The van der Waals surface area contributed by atoms with Crippen LogP contribution in [-0.4, -0.2) is 49.4 Å². The molecule has 2 amide bonds. The van der Waals surface area contributed by atoms with E-state index in [0.29, 0.717) is 5.92 Å². The first kappa shape index (κ1) is 19.9. The summed E-state index contributed by atoms with van der Waals surface area (Å²) in [5, 5.41) is 6.19. The summed E-state index contributed by atoms with van der Waals surface area (Å²) >= 11 is 0. The Labute approximate surface area is 162 Å². The van der Waals surface area contributed by atoms with E-state index in [9.17, 15) is 9.59 Å². The molecule has 0 aromatic heterocycles. The van der Waals surface area contributed by atoms with E-state index in [2.05, 4.69) is 15.5 Å². The summed E-state index contributed by atoms with van der Waals surface area (Å²) in [6, 6.07) is 7.72. The summed E-state index contributed by atoms with van der Waals surface area (Å²) in [6.45, 7) is 6.53. The predicted molar refractivity (Wildman–Crippen MR) is 108 cm³/mol. The summed E-state index contributed by atoms with van der Waals surface area (Å²) in [7, 11) is 0. The first-order chi connectivity index (χ1) is 13.1. The van der Waals surface area contributed by atoms with Crippen LogP contribution in [0, 0.1) is 18.8 Å². The van der Waals surface area contributed by atoms with Crippen LogP contribution in [0.3, 0.4) is 0 Å². The number of benzene rings is 1. The summed E-state index contributed by atoms with van der Waals surface area (Å²) in [5.41, 5.74) is 1.85. The molecule has 0 radical (unpaired) electrons. The van der Waals surface area contributed by atoms with Gasteiger partial charge in [-0.1, -0.05) is 30.5 Å². The normalized spacial score (nSPS) is 19.1. The maximum Gasteiger partial charge on any atom is 0.251 e. The lowest BCUT2D eigenvalue weighted by Crippen LogP contribution is -2.42. The molecule has 2 N–H and O–H groups in total. The van der Waals surface area contributed by atoms with Crippen molar-refractivity contribution < 1.29 is 9.59 Å². The zero-order chi connectivity index (χ0) is 19.1. The highest BCUT2D eigenvalue weighted by atomic mass is 16.2. The lowest BCUT2D eigenvalue weighted by Gasteiger charge is -2.32. The van der Waals surface area contributed by atoms with Crippen LogP contribution in [-0.2, 0) is 4.79 Å². The Morgan fingerprint density at radius 3 is 2.52 bits per heavy atom. The molecule has 1 aliphatic carbocycles. The van der Waals surface area contributed by atoms with Crippen molar-refractivity contribution >= 4 is 11.8 Å². The van der Waals surface area contributed by atoms with Crippen molar-refractivity contribution in [3.05, 3.63) is 35.4 Å². The van der Waals surface area contributed by atoms with E-state index < -0.39 is 0 Å². The molecule has 1 aliphatic heterocycles. The SMILES string of the molecule is Cc1cccc(C(=O)NCC2CCN(CCNC(=O)C3CCCC3)CC2)c1. The number of aryl methyl sites for hydroxylation is 1. The molecule has 0 unspecified atom stereocenters. The monoisotopic (exact) mass is 371 g/mol. The van der Waals surface area contributed by atoms with Crippen LogP contribution < -0.4 is 10.6 Å². The van der Waals surface area contributed by atoms with Crippen molar-refractivity contribution in [2.45, 2.75) is 45.4 Å². The first-order valence-corrected chi connectivity index (χ1v) is 10.5. The van der Waals surface area contributed by atoms with Crippen LogP contribution in [0.4, 0.5) is 0 Å². The van der Waals surface area contributed by atoms with Crippen molar-refractivity contribution in [2.75, 3.05) is 32.7 Å². The van der Waals surface area contributed by atoms with E-state index in [4.69, 9.17) is 0 Å². The second-order valence-electron chi connectivity index (χ2n) is 8.14. The molecule has 1 saturated heterocycles. The Bertz CT molecular complexity index is 632. The Hall–Kier alpha value is -1.88. The summed E-state index contributed by atoms with van der Waals surface area (Å²) in [6.07, 6.45) is 6.73. The number of nitrogens with one attached hydrogen (secondary N) is 2. The fourth-order valence-electron chi connectivity index (χ4n) is 4.21. The van der Waals surface area contributed by atoms with Gasteiger partial charge in [-0.2, -0.15) is 0 Å². The van der Waals surface area contributed by atoms with Crippen LogP contribution >= 0.6 is 0 Å². The molecular formula is C22H33N3O2. The number of carbonyl (C=O) groups excluding carboxylic acids is 2. The largest absolute Gasteiger partial charge is 0.355 e. The number of rotatable bonds is 7. The molecule has 2 fully saturated rings. The molecular weight excluding hydrogens is 338 g/mol. The smallest absolute Gasteiger partial charge is 0.251 e. The summed E-state index contributed by atoms with van der Waals surface area (Å²) in [5.74, 6) is 1.08. The third-order valence-corrected chi connectivity index (χ3v) is 5.99. The van der Waals surface area contributed by atoms with Crippen LogP contribution in [0.25, 0.3) is 0 Å². The highest BCUT2D eigenvalue weighted by molar-refractivity contribution is 5.94. The number of hydrogen-bond acceptors (Lipinski definition) is 3. The van der Waals surface area contributed by atoms with E-state index in [1.54, 1.807) is 0 Å². The molecule has 0 bridgehead atoms. The van der Waals surface area contributed by atoms with Gasteiger partial charge in [0, 0.05) is 31.1 Å². The third kappa shape index (κ3) is 6.06. The van der Waals surface area contributed by atoms with Gasteiger partial charge in [0.15, 0.2) is 0 Å². The van der Waals surface area contributed by atoms with Gasteiger partial charge in [-0.25, -0.2) is 0 Å². The van der Waals surface area contributed by atoms with Gasteiger partial charge < -0.3 is 15.5 Å². The van der Waals surface area contributed by atoms with E-state index in [1.807, 2.05) is 31.2 Å². The number of nitrogens with zero attached hydrogens (tertiary/aromatic N) is 1. The van der Waals surface area contributed by atoms with Gasteiger partial charge in [-0.15, -0.1) is 0 Å². The lowest BCUT2D eigenvalue weighted by molar-refractivity contribution is -0.124. The summed E-state index contributed by atoms with van der Waals surface area (Å²) in [4.78, 5) is 26.7. The van der Waals surface area contributed by atoms with Crippen molar-refractivity contribution in [3.8, 4) is 0 Å². The van der Waals surface area contributed by atoms with E-state index in [1.165, 1.54) is 12.8 Å². The van der Waals surface area contributed by atoms with Gasteiger partial charge in [-0.05, 0) is 63.7 Å². The van der Waals surface area contributed by atoms with Gasteiger partial charge in [0.2, 0.25) is 5.91 Å². The molecule has 2 aliphatic rings. The van der Waals surface area contributed by atoms with Gasteiger partial charge >= 0.3 is 0 Å². The van der Waals surface area contributed by atoms with E-state index in [-0.39, 0.29) is 17.7 Å². The maximum absolute atomic E-state index is 12.3. The Balaban J connectivity index is 1.29. The van der Waals surface area contributed by atoms with Gasteiger partial charge in [-0.3, -0.25) is 9.59 Å². The number of piperidine rings is 1. The predicted octanol–water partition coefficient (Wildman–Crippen LogP) is 2.74. The number of likely N-dealkylation sites (tertiary alicyclic amines) is 1. The molecule has 1 heterocycles. The van der Waals surface area contributed by atoms with Gasteiger partial charge in [0.05, 0.1) is 0 Å². The van der Waals surface area contributed by atoms with E-state index in [0.717, 1.165) is 69.5 Å². The van der Waals surface area contributed by atoms with Gasteiger partial charge in [0.1, 0.15) is 0 Å². The number of amides is 2. The van der Waals surface area contributed by atoms with Crippen molar-refractivity contribution in [1.82, 2.24) is 15.5 Å². The Kier molecular flexibility index (Phi) is 7.27. The quantitative estimate of drug-likeness (QED) is 0.775. The third-order valence-electron chi connectivity index (χ3n) is 5.99. The molecule has 27 heavy (non-hydrogen) atoms. The van der Waals surface area contributed by atoms with Gasteiger partial charge in [0.25, 0.3) is 5.91 Å². The maximum atomic E-state index is 12.3. The number of carbonyl (C=O) groups is 2. The zero-order valence-electron chi connectivity index (χ0n) is 16.5. The molecule has 1 aromatic carbocycles. The zero-order valence-corrected chi connectivity index (χ0v) is 16.5. The van der Waals surface area contributed by atoms with Crippen LogP contribution in [0.5, 0.6) is 0 Å². The first-order valence-electron chi connectivity index (χ1n) is 10.5. The minimum absolute atomic E-state index is 0.0238. The highest BCUT2D eigenvalue weighted by Crippen LogP contribution is 2.24. The Morgan fingerprint density at radius 2 is 1.81 bits per heavy atom. The standard InChI is InChI=1S/C22H33N3O2/c1-17-5-4-8-20(15-17)22(27)24-16-18-9-12-25(13-10-18)14-11-23-21(26)19-6-2-3-7-19/h4-5,8,15,18-19H,2-3,6-7,9-14,16H2,1H3,(H,23,26)(H,24,27). The van der Waals surface area contributed by atoms with Crippen LogP contribution in [0.15, 0.2) is 24.3 Å². The topological polar surface area (TPSA) is 61.4 Å². The average molecular weight is 372 g/mol. The second-order valence-corrected chi connectivity index (χ2v) is 8.14. The molecule has 1 aromatic rings. The molecule has 1 saturated carbocycles. The van der Waals surface area contributed by atoms with Crippen LogP contribution in [0.2, 0.25) is 0 Å². The lowest BCUT2D eigenvalue weighted by atomic mass is 9.96. The fraction of sp³-hybridized carbons (Fsp3) is 0.636. The number of hydrogen-bond donors (Lipinski definition) is 2. The molecule has 148 valence electrons. The minimum Gasteiger partial charge on any atom is -0.355 e. The molecule has 3 rings (SSSR count). The van der Waals surface area contributed by atoms with Crippen molar-refractivity contribution in [2.24, 2.45) is 11.8 Å². The second kappa shape index (κ2) is 9.88. The fourth-order valence-corrected chi connectivity index (χ4v) is 4.21. The molecule has 0 atom stereocenters. The van der Waals surface area contributed by atoms with E-state index >= 15 is 0 Å². The highest BCUT2D eigenvalue weighted by Gasteiger charge is 2.23. The van der Waals surface area contributed by atoms with Crippen molar-refractivity contribution in [3.63, 3.8) is 0 Å².